The molecule has 0 aliphatic rings. The van der Waals surface area contributed by atoms with Crippen molar-refractivity contribution >= 4 is 17.6 Å². The third-order valence-electron chi connectivity index (χ3n) is 2.24. The molecule has 0 amide bonds. The first-order valence-corrected chi connectivity index (χ1v) is 6.84. The normalized spacial score (nSPS) is 10.9. The molecule has 0 fully saturated rings. The fourth-order valence-electron chi connectivity index (χ4n) is 1.28. The van der Waals surface area contributed by atoms with Gasteiger partial charge in [0.15, 0.2) is 0 Å². The monoisotopic (exact) mass is 255 g/mol. The third kappa shape index (κ3) is 4.91. The van der Waals surface area contributed by atoms with Crippen molar-refractivity contribution in [2.45, 2.75) is 31.2 Å². The molecule has 0 aliphatic carbocycles. The molecule has 0 saturated heterocycles. The van der Waals surface area contributed by atoms with Crippen LogP contribution in [0.3, 0.4) is 0 Å². The molecule has 0 aromatic carbocycles. The van der Waals surface area contributed by atoms with Gasteiger partial charge in [0.05, 0.1) is 0 Å². The Hall–Kier alpha value is -0.810. The van der Waals surface area contributed by atoms with Gasteiger partial charge in [-0.2, -0.15) is 0 Å². The van der Waals surface area contributed by atoms with Crippen molar-refractivity contribution in [2.75, 3.05) is 31.8 Å². The van der Waals surface area contributed by atoms with Crippen LogP contribution in [0.1, 0.15) is 32.0 Å². The Bertz CT molecular complexity index is 345. The predicted octanol–water partition coefficient (Wildman–Crippen LogP) is 2.77. The van der Waals surface area contributed by atoms with Gasteiger partial charge in [0.25, 0.3) is 0 Å². The molecule has 1 aromatic rings. The zero-order valence-electron chi connectivity index (χ0n) is 11.0. The summed E-state index contributed by atoms with van der Waals surface area (Å²) < 4.78 is 5.03. The van der Waals surface area contributed by atoms with Gasteiger partial charge in [0.1, 0.15) is 16.7 Å². The van der Waals surface area contributed by atoms with Crippen molar-refractivity contribution in [1.29, 1.82) is 0 Å². The topological polar surface area (TPSA) is 47.0 Å². The largest absolute Gasteiger partial charge is 0.385 e. The molecule has 17 heavy (non-hydrogen) atoms. The Morgan fingerprint density at radius 3 is 2.76 bits per heavy atom. The first kappa shape index (κ1) is 14.3. The van der Waals surface area contributed by atoms with Gasteiger partial charge in [-0.1, -0.05) is 13.8 Å². The lowest BCUT2D eigenvalue weighted by molar-refractivity contribution is 0.200. The molecule has 0 aliphatic heterocycles. The molecule has 0 bridgehead atoms. The van der Waals surface area contributed by atoms with E-state index in [9.17, 15) is 0 Å². The summed E-state index contributed by atoms with van der Waals surface area (Å²) in [6, 6.07) is 1.99. The zero-order valence-corrected chi connectivity index (χ0v) is 11.8. The van der Waals surface area contributed by atoms with Crippen LogP contribution >= 0.6 is 11.8 Å². The zero-order chi connectivity index (χ0) is 12.7. The number of rotatable bonds is 7. The molecule has 0 radical (unpaired) electrons. The minimum atomic E-state index is 0.349. The summed E-state index contributed by atoms with van der Waals surface area (Å²) in [6.07, 6.45) is 1.04. The predicted molar refractivity (Wildman–Crippen MR) is 72.9 cm³/mol. The molecule has 0 atom stereocenters. The smallest absolute Gasteiger partial charge is 0.134 e. The van der Waals surface area contributed by atoms with Crippen molar-refractivity contribution in [3.05, 3.63) is 11.9 Å². The number of aromatic nitrogens is 2. The maximum atomic E-state index is 5.03. The van der Waals surface area contributed by atoms with E-state index in [0.29, 0.717) is 5.92 Å². The lowest BCUT2D eigenvalue weighted by Crippen LogP contribution is -2.03. The van der Waals surface area contributed by atoms with Gasteiger partial charge in [0.2, 0.25) is 0 Å². The molecular weight excluding hydrogens is 234 g/mol. The SMILES string of the molecule is CNc1cc(SCCCOC)nc(C(C)C)n1. The highest BCUT2D eigenvalue weighted by Gasteiger charge is 2.07. The van der Waals surface area contributed by atoms with Crippen molar-refractivity contribution in [3.63, 3.8) is 0 Å². The molecule has 96 valence electrons. The fourth-order valence-corrected chi connectivity index (χ4v) is 2.11. The Labute approximate surface area is 108 Å². The molecule has 0 spiro atoms. The van der Waals surface area contributed by atoms with Crippen LogP contribution in [0.4, 0.5) is 5.82 Å². The number of hydrogen-bond acceptors (Lipinski definition) is 5. The van der Waals surface area contributed by atoms with Crippen molar-refractivity contribution in [2.24, 2.45) is 0 Å². The average Bonchev–Trinajstić information content (AvgIpc) is 2.34. The summed E-state index contributed by atoms with van der Waals surface area (Å²) in [5, 5.41) is 4.11. The van der Waals surface area contributed by atoms with Crippen LogP contribution in [-0.4, -0.2) is 36.5 Å². The second kappa shape index (κ2) is 7.50. The molecule has 1 N–H and O–H groups in total. The van der Waals surface area contributed by atoms with Gasteiger partial charge in [-0.05, 0) is 6.42 Å². The number of thioether (sulfide) groups is 1. The number of anilines is 1. The van der Waals surface area contributed by atoms with Crippen LogP contribution in [-0.2, 0) is 4.74 Å². The number of methoxy groups -OCH3 is 1. The van der Waals surface area contributed by atoms with E-state index < -0.39 is 0 Å². The van der Waals surface area contributed by atoms with Gasteiger partial charge in [-0.3, -0.25) is 0 Å². The highest BCUT2D eigenvalue weighted by atomic mass is 32.2. The highest BCUT2D eigenvalue weighted by Crippen LogP contribution is 2.21. The fraction of sp³-hybridized carbons (Fsp3) is 0.667. The molecular formula is C12H21N3OS. The Morgan fingerprint density at radius 1 is 1.41 bits per heavy atom. The Balaban J connectivity index is 2.66. The van der Waals surface area contributed by atoms with Crippen LogP contribution in [0.15, 0.2) is 11.1 Å². The minimum Gasteiger partial charge on any atom is -0.385 e. The number of nitrogens with zero attached hydrogens (tertiary/aromatic N) is 2. The molecule has 5 heteroatoms. The van der Waals surface area contributed by atoms with E-state index in [1.54, 1.807) is 18.9 Å². The first-order chi connectivity index (χ1) is 8.17. The van der Waals surface area contributed by atoms with Crippen LogP contribution in [0, 0.1) is 0 Å². The number of hydrogen-bond donors (Lipinski definition) is 1. The molecule has 4 nitrogen and oxygen atoms in total. The molecule has 1 heterocycles. The van der Waals surface area contributed by atoms with Crippen molar-refractivity contribution in [3.8, 4) is 0 Å². The van der Waals surface area contributed by atoms with E-state index in [-0.39, 0.29) is 0 Å². The number of ether oxygens (including phenoxy) is 1. The van der Waals surface area contributed by atoms with Gasteiger partial charge >= 0.3 is 0 Å². The summed E-state index contributed by atoms with van der Waals surface area (Å²) in [6.45, 7) is 5.01. The summed E-state index contributed by atoms with van der Waals surface area (Å²) >= 11 is 1.75. The van der Waals surface area contributed by atoms with Gasteiger partial charge in [0, 0.05) is 38.5 Å². The van der Waals surface area contributed by atoms with Crippen LogP contribution in [0.25, 0.3) is 0 Å². The Kier molecular flexibility index (Phi) is 6.29. The molecule has 0 unspecified atom stereocenters. The maximum Gasteiger partial charge on any atom is 0.134 e. The third-order valence-corrected chi connectivity index (χ3v) is 3.23. The second-order valence-electron chi connectivity index (χ2n) is 4.05. The van der Waals surface area contributed by atoms with E-state index in [2.05, 4.69) is 29.1 Å². The van der Waals surface area contributed by atoms with Gasteiger partial charge in [-0.15, -0.1) is 11.8 Å². The van der Waals surface area contributed by atoms with E-state index in [1.165, 1.54) is 0 Å². The van der Waals surface area contributed by atoms with Crippen LogP contribution < -0.4 is 5.32 Å². The van der Waals surface area contributed by atoms with E-state index in [0.717, 1.165) is 35.4 Å². The first-order valence-electron chi connectivity index (χ1n) is 5.85. The number of nitrogens with one attached hydrogen (secondary N) is 1. The van der Waals surface area contributed by atoms with E-state index >= 15 is 0 Å². The molecule has 0 saturated carbocycles. The van der Waals surface area contributed by atoms with E-state index in [4.69, 9.17) is 4.74 Å². The Morgan fingerprint density at radius 2 is 2.18 bits per heavy atom. The average molecular weight is 255 g/mol. The second-order valence-corrected chi connectivity index (χ2v) is 5.16. The van der Waals surface area contributed by atoms with Gasteiger partial charge < -0.3 is 10.1 Å². The lowest BCUT2D eigenvalue weighted by atomic mass is 10.2. The summed E-state index contributed by atoms with van der Waals surface area (Å²) in [7, 11) is 3.61. The standard InChI is InChI=1S/C12H21N3OS/c1-9(2)12-14-10(13-3)8-11(15-12)17-7-5-6-16-4/h8-9H,5-7H2,1-4H3,(H,13,14,15). The van der Waals surface area contributed by atoms with Crippen molar-refractivity contribution < 1.29 is 4.74 Å². The maximum absolute atomic E-state index is 5.03. The minimum absolute atomic E-state index is 0.349. The van der Waals surface area contributed by atoms with Gasteiger partial charge in [-0.25, -0.2) is 9.97 Å². The van der Waals surface area contributed by atoms with Crippen LogP contribution in [0.5, 0.6) is 0 Å². The highest BCUT2D eigenvalue weighted by molar-refractivity contribution is 7.99. The summed E-state index contributed by atoms with van der Waals surface area (Å²) in [4.78, 5) is 8.99. The quantitative estimate of drug-likeness (QED) is 0.461. The van der Waals surface area contributed by atoms with E-state index in [1.807, 2.05) is 13.1 Å². The summed E-state index contributed by atoms with van der Waals surface area (Å²) in [5.74, 6) is 3.15. The van der Waals surface area contributed by atoms with Crippen molar-refractivity contribution in [1.82, 2.24) is 9.97 Å². The summed E-state index contributed by atoms with van der Waals surface area (Å²) in [5.41, 5.74) is 0. The van der Waals surface area contributed by atoms with Crippen LogP contribution in [0.2, 0.25) is 0 Å². The lowest BCUT2D eigenvalue weighted by Gasteiger charge is -2.09. The molecule has 1 aromatic heterocycles. The molecule has 1 rings (SSSR count).